The monoisotopic (exact) mass is 518 g/mol. The van der Waals surface area contributed by atoms with Gasteiger partial charge in [-0.2, -0.15) is 4.98 Å². The van der Waals surface area contributed by atoms with E-state index in [1.807, 2.05) is 18.3 Å². The van der Waals surface area contributed by atoms with Crippen LogP contribution in [0.2, 0.25) is 5.02 Å². The molecule has 0 bridgehead atoms. The fourth-order valence-corrected chi connectivity index (χ4v) is 4.98. The molecule has 0 amide bonds. The normalized spacial score (nSPS) is 23.2. The molecule has 2 aliphatic rings. The fraction of sp³-hybridized carbons (Fsp3) is 0.321. The van der Waals surface area contributed by atoms with Crippen LogP contribution in [0.1, 0.15) is 18.9 Å². The lowest BCUT2D eigenvalue weighted by molar-refractivity contribution is 0.00706. The summed E-state index contributed by atoms with van der Waals surface area (Å²) >= 11 is 6.60. The Labute approximate surface area is 219 Å². The average molecular weight is 519 g/mol. The van der Waals surface area contributed by atoms with Gasteiger partial charge in [0.2, 0.25) is 0 Å². The van der Waals surface area contributed by atoms with E-state index in [0.717, 1.165) is 35.2 Å². The Morgan fingerprint density at radius 2 is 1.73 bits per heavy atom. The number of aliphatic imine (C=N–C) groups is 1. The Hall–Kier alpha value is -3.30. The van der Waals surface area contributed by atoms with E-state index in [-0.39, 0.29) is 24.9 Å². The maximum absolute atomic E-state index is 9.94. The molecule has 6 rings (SSSR count). The first-order chi connectivity index (χ1) is 18.1. The molecular weight excluding hydrogens is 492 g/mol. The first-order valence-corrected chi connectivity index (χ1v) is 12.8. The number of ether oxygens (including phenoxy) is 3. The van der Waals surface area contributed by atoms with Crippen LogP contribution in [0.3, 0.4) is 0 Å². The zero-order chi connectivity index (χ0) is 25.4. The van der Waals surface area contributed by atoms with Crippen molar-refractivity contribution in [3.05, 3.63) is 65.2 Å². The Morgan fingerprint density at radius 1 is 1.03 bits per heavy atom. The highest BCUT2D eigenvalue weighted by atomic mass is 35.5. The summed E-state index contributed by atoms with van der Waals surface area (Å²) in [6.07, 6.45) is 1.28. The topological polar surface area (TPSA) is 102 Å². The lowest BCUT2D eigenvalue weighted by Gasteiger charge is -2.15. The number of H-pyrrole nitrogens is 1. The van der Waals surface area contributed by atoms with Crippen molar-refractivity contribution in [2.75, 3.05) is 19.8 Å². The van der Waals surface area contributed by atoms with Crippen molar-refractivity contribution in [3.8, 4) is 28.4 Å². The highest BCUT2D eigenvalue weighted by Gasteiger charge is 2.48. The quantitative estimate of drug-likeness (QED) is 0.344. The van der Waals surface area contributed by atoms with Gasteiger partial charge >= 0.3 is 0 Å². The number of pyridine rings is 1. The van der Waals surface area contributed by atoms with E-state index in [2.05, 4.69) is 58.3 Å². The van der Waals surface area contributed by atoms with Gasteiger partial charge in [-0.1, -0.05) is 67.1 Å². The third-order valence-electron chi connectivity index (χ3n) is 6.65. The molecule has 4 heterocycles. The number of aromatic nitrogens is 3. The van der Waals surface area contributed by atoms with Crippen LogP contribution in [0.5, 0.6) is 6.01 Å². The summed E-state index contributed by atoms with van der Waals surface area (Å²) in [5, 5.41) is 10.4. The molecule has 2 aliphatic heterocycles. The molecule has 2 fully saturated rings. The molecule has 8 nitrogen and oxygen atoms in total. The molecule has 0 spiro atoms. The summed E-state index contributed by atoms with van der Waals surface area (Å²) in [7, 11) is 0. The molecule has 2 aromatic carbocycles. The summed E-state index contributed by atoms with van der Waals surface area (Å²) in [5.41, 5.74) is 6.03. The van der Waals surface area contributed by atoms with Crippen LogP contribution in [0.25, 0.3) is 33.5 Å². The van der Waals surface area contributed by atoms with Crippen molar-refractivity contribution < 1.29 is 19.3 Å². The number of nitrogens with one attached hydrogen (secondary N) is 1. The standard InChI is InChI=1S/C28H27ClN4O4/c1-2-11-30-13-16-3-5-17(6-4-16)18-7-9-19(10-8-18)24-20(29)12-21-27(32-24)33-28(31-21)37-23-15-36-25-22(34)14-35-26(23)25/h3-10,12-13,22-23,25-26,34H,2,11,14-15H2,1H3,(H,31,32,33)/b30-13+/t22-,23-,25-,26-/m1/s1. The number of hydrogen-bond donors (Lipinski definition) is 2. The molecule has 0 aliphatic carbocycles. The number of imidazole rings is 1. The SMILES string of the molecule is CCC/N=C/c1ccc(-c2ccc(-c3nc4nc(O[C@@H]5CO[C@H]6[C@@H]5OC[C@H]6O)[nH]c4cc3Cl)cc2)cc1. The first-order valence-electron chi connectivity index (χ1n) is 12.4. The summed E-state index contributed by atoms with van der Waals surface area (Å²) in [6, 6.07) is 18.6. The van der Waals surface area contributed by atoms with Gasteiger partial charge in [-0.25, -0.2) is 4.98 Å². The van der Waals surface area contributed by atoms with Gasteiger partial charge in [-0.15, -0.1) is 0 Å². The van der Waals surface area contributed by atoms with Crippen molar-refractivity contribution >= 4 is 29.0 Å². The summed E-state index contributed by atoms with van der Waals surface area (Å²) in [4.78, 5) is 16.7. The second-order valence-electron chi connectivity index (χ2n) is 9.29. The smallest absolute Gasteiger partial charge is 0.296 e. The van der Waals surface area contributed by atoms with Crippen LogP contribution in [0, 0.1) is 0 Å². The van der Waals surface area contributed by atoms with Crippen LogP contribution < -0.4 is 4.74 Å². The molecule has 9 heteroatoms. The molecule has 4 atom stereocenters. The van der Waals surface area contributed by atoms with E-state index in [1.165, 1.54) is 0 Å². The van der Waals surface area contributed by atoms with Gasteiger partial charge in [0, 0.05) is 18.3 Å². The maximum Gasteiger partial charge on any atom is 0.296 e. The van der Waals surface area contributed by atoms with Gasteiger partial charge < -0.3 is 24.3 Å². The minimum absolute atomic E-state index is 0.244. The molecule has 0 radical (unpaired) electrons. The molecule has 190 valence electrons. The second kappa shape index (κ2) is 10.2. The van der Waals surface area contributed by atoms with Gasteiger partial charge in [0.1, 0.15) is 18.3 Å². The summed E-state index contributed by atoms with van der Waals surface area (Å²) < 4.78 is 17.2. The zero-order valence-electron chi connectivity index (χ0n) is 20.3. The molecule has 2 aromatic heterocycles. The Morgan fingerprint density at radius 3 is 2.49 bits per heavy atom. The van der Waals surface area contributed by atoms with Gasteiger partial charge in [0.15, 0.2) is 11.8 Å². The average Bonchev–Trinajstić information content (AvgIpc) is 3.61. The number of nitrogens with zero attached hydrogens (tertiary/aromatic N) is 3. The number of benzene rings is 2. The predicted molar refractivity (Wildman–Crippen MR) is 142 cm³/mol. The number of aliphatic hydroxyl groups excluding tert-OH is 1. The lowest BCUT2D eigenvalue weighted by atomic mass is 10.0. The molecular formula is C28H27ClN4O4. The van der Waals surface area contributed by atoms with E-state index in [9.17, 15) is 5.11 Å². The second-order valence-corrected chi connectivity index (χ2v) is 9.69. The molecule has 0 unspecified atom stereocenters. The van der Waals surface area contributed by atoms with Crippen molar-refractivity contribution in [2.45, 2.75) is 37.8 Å². The number of hydrogen-bond acceptors (Lipinski definition) is 7. The molecule has 4 aromatic rings. The van der Waals surface area contributed by atoms with Gasteiger partial charge in [0.25, 0.3) is 6.01 Å². The van der Waals surface area contributed by atoms with Gasteiger partial charge in [0.05, 0.1) is 29.4 Å². The highest BCUT2D eigenvalue weighted by molar-refractivity contribution is 6.33. The zero-order valence-corrected chi connectivity index (χ0v) is 21.1. The third-order valence-corrected chi connectivity index (χ3v) is 6.93. The predicted octanol–water partition coefficient (Wildman–Crippen LogP) is 4.68. The lowest BCUT2D eigenvalue weighted by Crippen LogP contribution is -2.34. The molecule has 0 saturated carbocycles. The van der Waals surface area contributed by atoms with E-state index in [1.54, 1.807) is 6.07 Å². The number of aliphatic hydroxyl groups is 1. The van der Waals surface area contributed by atoms with Crippen molar-refractivity contribution in [2.24, 2.45) is 4.99 Å². The highest BCUT2D eigenvalue weighted by Crippen LogP contribution is 2.33. The minimum atomic E-state index is -0.631. The van der Waals surface area contributed by atoms with Gasteiger partial charge in [-0.05, 0) is 29.2 Å². The van der Waals surface area contributed by atoms with Crippen LogP contribution >= 0.6 is 11.6 Å². The van der Waals surface area contributed by atoms with Crippen LogP contribution in [-0.2, 0) is 9.47 Å². The number of rotatable bonds is 7. The van der Waals surface area contributed by atoms with Crippen molar-refractivity contribution in [3.63, 3.8) is 0 Å². The van der Waals surface area contributed by atoms with Crippen LogP contribution in [-0.4, -0.2) is 70.4 Å². The maximum atomic E-state index is 9.94. The van der Waals surface area contributed by atoms with Crippen molar-refractivity contribution in [1.82, 2.24) is 15.0 Å². The first kappa shape index (κ1) is 24.1. The Balaban J connectivity index is 1.19. The molecule has 2 N–H and O–H groups in total. The summed E-state index contributed by atoms with van der Waals surface area (Å²) in [5.74, 6) is 0. The largest absolute Gasteiger partial charge is 0.456 e. The van der Waals surface area contributed by atoms with E-state index < -0.39 is 6.10 Å². The fourth-order valence-electron chi connectivity index (χ4n) is 4.72. The number of fused-ring (bicyclic) bond motifs is 2. The van der Waals surface area contributed by atoms with Gasteiger partial charge in [-0.3, -0.25) is 4.99 Å². The third kappa shape index (κ3) is 4.85. The number of aromatic amines is 1. The van der Waals surface area contributed by atoms with Crippen LogP contribution in [0.15, 0.2) is 59.6 Å². The summed E-state index contributed by atoms with van der Waals surface area (Å²) in [6.45, 7) is 3.53. The minimum Gasteiger partial charge on any atom is -0.456 e. The number of halogens is 1. The molecule has 2 saturated heterocycles. The van der Waals surface area contributed by atoms with Crippen LogP contribution in [0.4, 0.5) is 0 Å². The van der Waals surface area contributed by atoms with Crippen molar-refractivity contribution in [1.29, 1.82) is 0 Å². The van der Waals surface area contributed by atoms with E-state index in [4.69, 9.17) is 30.8 Å². The Kier molecular flexibility index (Phi) is 6.65. The van der Waals surface area contributed by atoms with E-state index in [0.29, 0.717) is 34.5 Å². The Bertz CT molecular complexity index is 1420. The molecule has 37 heavy (non-hydrogen) atoms. The van der Waals surface area contributed by atoms with E-state index >= 15 is 0 Å².